The summed E-state index contributed by atoms with van der Waals surface area (Å²) in [6, 6.07) is 0. The van der Waals surface area contributed by atoms with Gasteiger partial charge in [0.25, 0.3) is 0 Å². The van der Waals surface area contributed by atoms with Gasteiger partial charge in [0.15, 0.2) is 0 Å². The Labute approximate surface area is 106 Å². The van der Waals surface area contributed by atoms with E-state index in [9.17, 15) is 0 Å². The number of hydrogen-bond acceptors (Lipinski definition) is 2. The highest BCUT2D eigenvalue weighted by atomic mass is 16.5. The third kappa shape index (κ3) is 3.03. The van der Waals surface area contributed by atoms with Gasteiger partial charge >= 0.3 is 0 Å². The lowest BCUT2D eigenvalue weighted by atomic mass is 9.80. The molecule has 2 heteroatoms. The third-order valence-corrected chi connectivity index (χ3v) is 5.17. The van der Waals surface area contributed by atoms with Crippen LogP contribution in [0.2, 0.25) is 0 Å². The van der Waals surface area contributed by atoms with E-state index in [2.05, 4.69) is 13.8 Å². The minimum absolute atomic E-state index is 0.270. The normalized spacial score (nSPS) is 31.6. The van der Waals surface area contributed by atoms with Gasteiger partial charge in [0, 0.05) is 0 Å². The van der Waals surface area contributed by atoms with Crippen molar-refractivity contribution in [3.63, 3.8) is 0 Å². The Morgan fingerprint density at radius 2 is 1.94 bits per heavy atom. The predicted octanol–water partition coefficient (Wildman–Crippen LogP) is 3.63. The molecule has 2 aliphatic rings. The molecule has 1 saturated heterocycles. The van der Waals surface area contributed by atoms with E-state index >= 15 is 0 Å². The van der Waals surface area contributed by atoms with Crippen molar-refractivity contribution < 1.29 is 4.74 Å². The minimum atomic E-state index is 0.270. The second-order valence-corrected chi connectivity index (χ2v) is 6.59. The molecule has 1 heterocycles. The third-order valence-electron chi connectivity index (χ3n) is 5.17. The van der Waals surface area contributed by atoms with Crippen LogP contribution >= 0.6 is 0 Å². The molecule has 2 atom stereocenters. The Morgan fingerprint density at radius 3 is 2.53 bits per heavy atom. The molecule has 2 N–H and O–H groups in total. The van der Waals surface area contributed by atoms with Crippen molar-refractivity contribution in [1.82, 2.24) is 0 Å². The number of ether oxygens (including phenoxy) is 1. The highest BCUT2D eigenvalue weighted by Crippen LogP contribution is 2.44. The van der Waals surface area contributed by atoms with E-state index in [1.807, 2.05) is 0 Å². The topological polar surface area (TPSA) is 35.2 Å². The molecule has 2 rings (SSSR count). The summed E-state index contributed by atoms with van der Waals surface area (Å²) in [7, 11) is 0. The molecule has 1 aliphatic heterocycles. The fraction of sp³-hybridized carbons (Fsp3) is 1.00. The van der Waals surface area contributed by atoms with E-state index in [0.717, 1.165) is 19.4 Å². The molecule has 17 heavy (non-hydrogen) atoms. The van der Waals surface area contributed by atoms with Gasteiger partial charge in [-0.25, -0.2) is 0 Å². The molecule has 0 bridgehead atoms. The van der Waals surface area contributed by atoms with Crippen LogP contribution in [0.25, 0.3) is 0 Å². The monoisotopic (exact) mass is 239 g/mol. The molecule has 2 fully saturated rings. The van der Waals surface area contributed by atoms with Gasteiger partial charge in [-0.1, -0.05) is 33.1 Å². The van der Waals surface area contributed by atoms with Gasteiger partial charge in [0.1, 0.15) is 0 Å². The van der Waals surface area contributed by atoms with E-state index in [4.69, 9.17) is 10.5 Å². The van der Waals surface area contributed by atoms with Crippen LogP contribution in [0.5, 0.6) is 0 Å². The lowest BCUT2D eigenvalue weighted by Crippen LogP contribution is -2.35. The molecular weight excluding hydrogens is 210 g/mol. The van der Waals surface area contributed by atoms with Gasteiger partial charge in [-0.05, 0) is 50.5 Å². The molecule has 0 radical (unpaired) electrons. The van der Waals surface area contributed by atoms with Crippen LogP contribution in [0.4, 0.5) is 0 Å². The predicted molar refractivity (Wildman–Crippen MR) is 72.0 cm³/mol. The zero-order valence-electron chi connectivity index (χ0n) is 11.6. The van der Waals surface area contributed by atoms with Crippen LogP contribution in [-0.4, -0.2) is 18.2 Å². The maximum absolute atomic E-state index is 6.43. The Bertz CT molecular complexity index is 241. The van der Waals surface area contributed by atoms with Gasteiger partial charge in [0.05, 0.1) is 11.7 Å². The molecule has 1 saturated carbocycles. The summed E-state index contributed by atoms with van der Waals surface area (Å²) >= 11 is 0. The lowest BCUT2D eigenvalue weighted by molar-refractivity contribution is -0.0754. The van der Waals surface area contributed by atoms with Crippen molar-refractivity contribution in [3.8, 4) is 0 Å². The highest BCUT2D eigenvalue weighted by Gasteiger charge is 2.42. The SMILES string of the molecule is CCC(C)(CN)CC1CCC2(CCCCC2)O1. The first kappa shape index (κ1) is 13.4. The Morgan fingerprint density at radius 1 is 1.24 bits per heavy atom. The van der Waals surface area contributed by atoms with Crippen LogP contribution in [-0.2, 0) is 4.74 Å². The summed E-state index contributed by atoms with van der Waals surface area (Å²) in [4.78, 5) is 0. The van der Waals surface area contributed by atoms with E-state index in [1.165, 1.54) is 44.9 Å². The molecule has 100 valence electrons. The van der Waals surface area contributed by atoms with Crippen molar-refractivity contribution in [2.24, 2.45) is 11.1 Å². The maximum atomic E-state index is 6.43. The summed E-state index contributed by atoms with van der Waals surface area (Å²) in [5.41, 5.74) is 6.46. The molecule has 2 nitrogen and oxygen atoms in total. The lowest BCUT2D eigenvalue weighted by Gasteiger charge is -2.35. The first-order valence-electron chi connectivity index (χ1n) is 7.49. The molecule has 0 aromatic carbocycles. The van der Waals surface area contributed by atoms with Crippen molar-refractivity contribution in [3.05, 3.63) is 0 Å². The number of nitrogens with two attached hydrogens (primary N) is 1. The quantitative estimate of drug-likeness (QED) is 0.813. The fourth-order valence-electron chi connectivity index (χ4n) is 3.52. The summed E-state index contributed by atoms with van der Waals surface area (Å²) in [6.07, 6.45) is 12.1. The van der Waals surface area contributed by atoms with Crippen LogP contribution < -0.4 is 5.73 Å². The van der Waals surface area contributed by atoms with E-state index < -0.39 is 0 Å². The first-order chi connectivity index (χ1) is 8.11. The van der Waals surface area contributed by atoms with Gasteiger partial charge in [-0.15, -0.1) is 0 Å². The number of hydrogen-bond donors (Lipinski definition) is 1. The van der Waals surface area contributed by atoms with Gasteiger partial charge < -0.3 is 10.5 Å². The summed E-state index contributed by atoms with van der Waals surface area (Å²) < 4.78 is 6.43. The molecule has 0 aromatic rings. The standard InChI is InChI=1S/C15H29NO/c1-3-14(2,12-16)11-13-7-10-15(17-13)8-5-4-6-9-15/h13H,3-12,16H2,1-2H3. The number of rotatable bonds is 4. The van der Waals surface area contributed by atoms with Gasteiger partial charge in [-0.2, -0.15) is 0 Å². The smallest absolute Gasteiger partial charge is 0.0687 e. The molecule has 0 amide bonds. The van der Waals surface area contributed by atoms with Crippen LogP contribution in [0.15, 0.2) is 0 Å². The molecule has 1 aliphatic carbocycles. The van der Waals surface area contributed by atoms with E-state index in [1.54, 1.807) is 0 Å². The van der Waals surface area contributed by atoms with Gasteiger partial charge in [-0.3, -0.25) is 0 Å². The highest BCUT2D eigenvalue weighted by molar-refractivity contribution is 4.93. The Balaban J connectivity index is 1.89. The Hall–Kier alpha value is -0.0800. The van der Waals surface area contributed by atoms with Crippen LogP contribution in [0, 0.1) is 5.41 Å². The summed E-state index contributed by atoms with van der Waals surface area (Å²) in [5.74, 6) is 0. The van der Waals surface area contributed by atoms with Crippen LogP contribution in [0.3, 0.4) is 0 Å². The first-order valence-corrected chi connectivity index (χ1v) is 7.49. The fourth-order valence-corrected chi connectivity index (χ4v) is 3.52. The molecule has 2 unspecified atom stereocenters. The minimum Gasteiger partial charge on any atom is -0.372 e. The van der Waals surface area contributed by atoms with Crippen molar-refractivity contribution in [1.29, 1.82) is 0 Å². The van der Waals surface area contributed by atoms with E-state index in [0.29, 0.717) is 6.10 Å². The Kier molecular flexibility index (Phi) is 4.14. The van der Waals surface area contributed by atoms with Crippen molar-refractivity contribution in [2.75, 3.05) is 6.54 Å². The van der Waals surface area contributed by atoms with Gasteiger partial charge in [0.2, 0.25) is 0 Å². The molecule has 0 aromatic heterocycles. The zero-order chi connectivity index (χ0) is 12.4. The largest absolute Gasteiger partial charge is 0.372 e. The summed E-state index contributed by atoms with van der Waals surface area (Å²) in [5, 5.41) is 0. The maximum Gasteiger partial charge on any atom is 0.0687 e. The molecule has 1 spiro atoms. The average molecular weight is 239 g/mol. The summed E-state index contributed by atoms with van der Waals surface area (Å²) in [6.45, 7) is 5.34. The average Bonchev–Trinajstić information content (AvgIpc) is 2.72. The van der Waals surface area contributed by atoms with E-state index in [-0.39, 0.29) is 11.0 Å². The van der Waals surface area contributed by atoms with Crippen molar-refractivity contribution >= 4 is 0 Å². The van der Waals surface area contributed by atoms with Crippen molar-refractivity contribution in [2.45, 2.75) is 83.3 Å². The second kappa shape index (κ2) is 5.27. The second-order valence-electron chi connectivity index (χ2n) is 6.59. The zero-order valence-corrected chi connectivity index (χ0v) is 11.6. The van der Waals surface area contributed by atoms with Crippen LogP contribution in [0.1, 0.15) is 71.6 Å². The molecular formula is C15H29NO.